The van der Waals surface area contributed by atoms with Crippen LogP contribution in [0.5, 0.6) is 0 Å². The monoisotopic (exact) mass is 689 g/mol. The molecule has 1 unspecified atom stereocenters. The van der Waals surface area contributed by atoms with Crippen LogP contribution in [0.4, 0.5) is 11.4 Å². The summed E-state index contributed by atoms with van der Waals surface area (Å²) in [7, 11) is 0. The minimum atomic E-state index is -1.90. The van der Waals surface area contributed by atoms with Crippen LogP contribution in [0.3, 0.4) is 0 Å². The van der Waals surface area contributed by atoms with Gasteiger partial charge in [-0.3, -0.25) is 24.1 Å². The van der Waals surface area contributed by atoms with E-state index in [1.807, 2.05) is 36.4 Å². The zero-order valence-corrected chi connectivity index (χ0v) is 27.2. The highest BCUT2D eigenvalue weighted by molar-refractivity contribution is 9.10. The van der Waals surface area contributed by atoms with Gasteiger partial charge in [-0.1, -0.05) is 77.5 Å². The zero-order chi connectivity index (χ0) is 33.0. The van der Waals surface area contributed by atoms with Crippen molar-refractivity contribution < 1.29 is 34.1 Å². The number of β-lactam (4-membered cyclic amide) rings is 1. The van der Waals surface area contributed by atoms with Crippen molar-refractivity contribution in [3.05, 3.63) is 106 Å². The van der Waals surface area contributed by atoms with Gasteiger partial charge in [0.15, 0.2) is 11.8 Å². The van der Waals surface area contributed by atoms with Gasteiger partial charge in [-0.05, 0) is 41.5 Å². The highest BCUT2D eigenvalue weighted by atomic mass is 79.9. The first kappa shape index (κ1) is 33.1. The number of amides is 3. The second kappa shape index (κ2) is 14.0. The van der Waals surface area contributed by atoms with Crippen LogP contribution in [0.2, 0.25) is 0 Å². The maximum atomic E-state index is 14.0. The topological polar surface area (TPSA) is 128 Å². The summed E-state index contributed by atoms with van der Waals surface area (Å²) in [6.45, 7) is 3.52. The van der Waals surface area contributed by atoms with Crippen molar-refractivity contribution in [2.75, 3.05) is 23.0 Å². The number of carbonyl (C=O) groups is 4. The van der Waals surface area contributed by atoms with Crippen LogP contribution < -0.4 is 9.80 Å². The van der Waals surface area contributed by atoms with E-state index in [-0.39, 0.29) is 44.4 Å². The van der Waals surface area contributed by atoms with E-state index >= 15 is 0 Å². The number of esters is 1. The lowest BCUT2D eigenvalue weighted by Crippen LogP contribution is -2.54. The van der Waals surface area contributed by atoms with E-state index < -0.39 is 29.6 Å². The molecule has 5 rings (SSSR count). The Morgan fingerprint density at radius 1 is 1.09 bits per heavy atom. The first-order chi connectivity index (χ1) is 22.0. The molecule has 2 aliphatic rings. The summed E-state index contributed by atoms with van der Waals surface area (Å²) in [6, 6.07) is 21.9. The van der Waals surface area contributed by atoms with E-state index in [4.69, 9.17) is 4.74 Å². The van der Waals surface area contributed by atoms with Crippen molar-refractivity contribution in [3.8, 4) is 0 Å². The Kier molecular flexibility index (Phi) is 10.0. The number of halogens is 1. The smallest absolute Gasteiger partial charge is 0.304 e. The molecule has 0 radical (unpaired) electrons. The third kappa shape index (κ3) is 6.76. The third-order valence-electron chi connectivity index (χ3n) is 8.28. The highest BCUT2D eigenvalue weighted by Gasteiger charge is 2.52. The Bertz CT molecular complexity index is 1660. The Labute approximate surface area is 276 Å². The number of hydrogen-bond donors (Lipinski definition) is 2. The van der Waals surface area contributed by atoms with E-state index in [9.17, 15) is 29.4 Å². The highest BCUT2D eigenvalue weighted by Crippen LogP contribution is 2.47. The number of anilines is 2. The maximum Gasteiger partial charge on any atom is 0.304 e. The van der Waals surface area contributed by atoms with Gasteiger partial charge in [-0.2, -0.15) is 0 Å². The Hall–Kier alpha value is -4.32. The number of fused-ring (bicyclic) bond motifs is 1. The molecule has 0 aliphatic carbocycles. The van der Waals surface area contributed by atoms with E-state index in [2.05, 4.69) is 15.9 Å². The lowest BCUT2D eigenvalue weighted by atomic mass is 9.83. The van der Waals surface area contributed by atoms with Crippen molar-refractivity contribution >= 4 is 51.0 Å². The molecule has 1 fully saturated rings. The summed E-state index contributed by atoms with van der Waals surface area (Å²) in [5.74, 6) is -2.05. The summed E-state index contributed by atoms with van der Waals surface area (Å²) < 4.78 is 5.94. The maximum absolute atomic E-state index is 14.0. The average Bonchev–Trinajstić information content (AvgIpc) is 3.22. The van der Waals surface area contributed by atoms with Crippen LogP contribution in [0.1, 0.15) is 43.4 Å². The molecule has 46 heavy (non-hydrogen) atoms. The summed E-state index contributed by atoms with van der Waals surface area (Å²) in [5.41, 5.74) is 1.28. The zero-order valence-electron chi connectivity index (χ0n) is 25.6. The van der Waals surface area contributed by atoms with Crippen LogP contribution in [0.25, 0.3) is 0 Å². The normalized spacial score (nSPS) is 19.6. The van der Waals surface area contributed by atoms with Crippen LogP contribution in [-0.2, 0) is 42.6 Å². The first-order valence-electron chi connectivity index (χ1n) is 15.0. The number of aliphatic hydroxyl groups is 2. The Morgan fingerprint density at radius 3 is 2.52 bits per heavy atom. The van der Waals surface area contributed by atoms with Crippen molar-refractivity contribution in [1.29, 1.82) is 0 Å². The SMILES string of the molecule is CC(=O)OC1CC(=O)N1c1cccc(CN2C(=O)[C@](O)([C@H](C)/C=C/CC(=O)N(CCO)Cc3ccccc3)c3cc(Br)ccc32)c1. The minimum absolute atomic E-state index is 0.0346. The summed E-state index contributed by atoms with van der Waals surface area (Å²) in [4.78, 5) is 55.4. The Morgan fingerprint density at radius 2 is 1.83 bits per heavy atom. The van der Waals surface area contributed by atoms with Crippen molar-refractivity contribution in [1.82, 2.24) is 4.90 Å². The van der Waals surface area contributed by atoms with E-state index in [0.29, 0.717) is 33.5 Å². The second-order valence-electron chi connectivity index (χ2n) is 11.5. The lowest BCUT2D eigenvalue weighted by Gasteiger charge is -2.39. The van der Waals surface area contributed by atoms with Gasteiger partial charge in [0, 0.05) is 48.1 Å². The second-order valence-corrected chi connectivity index (χ2v) is 12.4. The predicted molar refractivity (Wildman–Crippen MR) is 175 cm³/mol. The molecule has 3 aromatic rings. The fourth-order valence-electron chi connectivity index (χ4n) is 5.90. The number of ether oxygens (including phenoxy) is 1. The number of nitrogens with zero attached hydrogens (tertiary/aromatic N) is 3. The Balaban J connectivity index is 1.34. The van der Waals surface area contributed by atoms with Gasteiger partial charge in [0.25, 0.3) is 5.91 Å². The summed E-state index contributed by atoms with van der Waals surface area (Å²) >= 11 is 3.47. The molecular weight excluding hydrogens is 654 g/mol. The van der Waals surface area contributed by atoms with Gasteiger partial charge in [0.05, 0.1) is 25.3 Å². The molecule has 0 bridgehead atoms. The molecule has 0 spiro atoms. The van der Waals surface area contributed by atoms with Crippen LogP contribution >= 0.6 is 15.9 Å². The van der Waals surface area contributed by atoms with Crippen LogP contribution in [-0.4, -0.2) is 58.2 Å². The lowest BCUT2D eigenvalue weighted by molar-refractivity contribution is -0.154. The molecule has 2 N–H and O–H groups in total. The molecule has 10 nitrogen and oxygen atoms in total. The van der Waals surface area contributed by atoms with Crippen molar-refractivity contribution in [2.45, 2.75) is 51.6 Å². The van der Waals surface area contributed by atoms with Crippen molar-refractivity contribution in [2.24, 2.45) is 5.92 Å². The molecule has 3 atom stereocenters. The number of aliphatic hydroxyl groups excluding tert-OH is 1. The van der Waals surface area contributed by atoms with Gasteiger partial charge < -0.3 is 24.7 Å². The molecule has 11 heteroatoms. The van der Waals surface area contributed by atoms with E-state index in [1.54, 1.807) is 60.4 Å². The number of benzene rings is 3. The summed E-state index contributed by atoms with van der Waals surface area (Å²) in [5, 5.41) is 21.6. The van der Waals surface area contributed by atoms with Gasteiger partial charge in [-0.25, -0.2) is 0 Å². The number of rotatable bonds is 12. The van der Waals surface area contributed by atoms with Crippen LogP contribution in [0, 0.1) is 5.92 Å². The average molecular weight is 691 g/mol. The van der Waals surface area contributed by atoms with E-state index in [0.717, 1.165) is 5.56 Å². The fourth-order valence-corrected chi connectivity index (χ4v) is 6.27. The molecule has 1 saturated heterocycles. The third-order valence-corrected chi connectivity index (χ3v) is 8.78. The van der Waals surface area contributed by atoms with Gasteiger partial charge in [-0.15, -0.1) is 0 Å². The molecule has 0 aromatic heterocycles. The van der Waals surface area contributed by atoms with Crippen molar-refractivity contribution in [3.63, 3.8) is 0 Å². The van der Waals surface area contributed by atoms with E-state index in [1.165, 1.54) is 16.7 Å². The molecule has 240 valence electrons. The van der Waals surface area contributed by atoms with Crippen LogP contribution in [0.15, 0.2) is 89.4 Å². The molecular formula is C35H36BrN3O7. The number of carbonyl (C=O) groups excluding carboxylic acids is 4. The molecule has 3 aromatic carbocycles. The first-order valence-corrected chi connectivity index (χ1v) is 15.8. The largest absolute Gasteiger partial charge is 0.441 e. The quantitative estimate of drug-likeness (QED) is 0.164. The number of hydrogen-bond acceptors (Lipinski definition) is 7. The predicted octanol–water partition coefficient (Wildman–Crippen LogP) is 4.41. The molecule has 0 saturated carbocycles. The van der Waals surface area contributed by atoms with Gasteiger partial charge in [0.2, 0.25) is 11.8 Å². The standard InChI is InChI=1S/C35H36BrN3O7/c1-23(8-6-13-31(42)37(16-17-40)21-25-9-4-3-5-10-25)35(45)29-19-27(36)14-15-30(29)38(34(35)44)22-26-11-7-12-28(18-26)39-32(43)20-33(39)46-24(2)41/h3-12,14-15,18-19,23,33,40,45H,13,16-17,20-22H2,1-2H3/b8-6+/t23-,33?,35+/m1/s1. The summed E-state index contributed by atoms with van der Waals surface area (Å²) in [6.07, 6.45) is 2.79. The minimum Gasteiger partial charge on any atom is -0.441 e. The fraction of sp³-hybridized carbons (Fsp3) is 0.314. The molecule has 2 heterocycles. The van der Waals surface area contributed by atoms with Gasteiger partial charge >= 0.3 is 5.97 Å². The van der Waals surface area contributed by atoms with Gasteiger partial charge in [0.1, 0.15) is 0 Å². The molecule has 3 amide bonds. The molecule has 2 aliphatic heterocycles.